The first-order valence-corrected chi connectivity index (χ1v) is 4.72. The van der Waals surface area contributed by atoms with Crippen LogP contribution in [0.4, 0.5) is 0 Å². The van der Waals surface area contributed by atoms with Gasteiger partial charge in [-0.1, -0.05) is 22.0 Å². The first kappa shape index (κ1) is 9.32. The van der Waals surface area contributed by atoms with E-state index >= 15 is 0 Å². The number of ketones is 1. The van der Waals surface area contributed by atoms with Crippen LogP contribution in [0.2, 0.25) is 0 Å². The lowest BCUT2D eigenvalue weighted by Crippen LogP contribution is -2.05. The van der Waals surface area contributed by atoms with Crippen molar-refractivity contribution in [1.29, 1.82) is 0 Å². The SMILES string of the molecule is O=NC1=CC=C(C(=O)CBr)CC1. The van der Waals surface area contributed by atoms with Crippen molar-refractivity contribution < 1.29 is 4.79 Å². The number of allylic oxidation sites excluding steroid dienone is 4. The second-order valence-corrected chi connectivity index (χ2v) is 3.06. The Morgan fingerprint density at radius 2 is 2.25 bits per heavy atom. The Morgan fingerprint density at radius 3 is 2.67 bits per heavy atom. The minimum atomic E-state index is 0.0798. The highest BCUT2D eigenvalue weighted by Gasteiger charge is 2.11. The van der Waals surface area contributed by atoms with Crippen LogP contribution in [-0.4, -0.2) is 11.1 Å². The van der Waals surface area contributed by atoms with Crippen LogP contribution in [0.25, 0.3) is 0 Å². The number of hydrogen-bond acceptors (Lipinski definition) is 3. The molecule has 0 amide bonds. The summed E-state index contributed by atoms with van der Waals surface area (Å²) >= 11 is 3.09. The quantitative estimate of drug-likeness (QED) is 0.551. The number of alkyl halides is 1. The van der Waals surface area contributed by atoms with Crippen molar-refractivity contribution >= 4 is 21.7 Å². The number of nitroso groups, excluding NO2 is 1. The molecule has 64 valence electrons. The molecular formula is C8H8BrNO2. The van der Waals surface area contributed by atoms with Crippen molar-refractivity contribution in [1.82, 2.24) is 0 Å². The Bertz CT molecular complexity index is 268. The second-order valence-electron chi connectivity index (χ2n) is 2.50. The Balaban J connectivity index is 2.72. The van der Waals surface area contributed by atoms with Gasteiger partial charge in [-0.05, 0) is 29.7 Å². The average molecular weight is 230 g/mol. The highest BCUT2D eigenvalue weighted by molar-refractivity contribution is 9.09. The molecule has 0 radical (unpaired) electrons. The third-order valence-electron chi connectivity index (χ3n) is 1.72. The molecule has 1 rings (SSSR count). The fourth-order valence-corrected chi connectivity index (χ4v) is 1.38. The molecule has 0 bridgehead atoms. The molecule has 0 atom stereocenters. The van der Waals surface area contributed by atoms with Gasteiger partial charge in [0.25, 0.3) is 0 Å². The van der Waals surface area contributed by atoms with Crippen LogP contribution in [0.1, 0.15) is 12.8 Å². The molecule has 0 fully saturated rings. The Labute approximate surface area is 78.6 Å². The van der Waals surface area contributed by atoms with Gasteiger partial charge in [0.1, 0.15) is 0 Å². The van der Waals surface area contributed by atoms with Crippen molar-refractivity contribution in [2.24, 2.45) is 5.18 Å². The highest BCUT2D eigenvalue weighted by atomic mass is 79.9. The molecular weight excluding hydrogens is 222 g/mol. The molecule has 0 saturated carbocycles. The van der Waals surface area contributed by atoms with Crippen molar-refractivity contribution in [3.8, 4) is 0 Å². The summed E-state index contributed by atoms with van der Waals surface area (Å²) in [6.45, 7) is 0. The third-order valence-corrected chi connectivity index (χ3v) is 2.23. The summed E-state index contributed by atoms with van der Waals surface area (Å²) in [5.41, 5.74) is 1.28. The van der Waals surface area contributed by atoms with Gasteiger partial charge >= 0.3 is 0 Å². The fourth-order valence-electron chi connectivity index (χ4n) is 1.02. The second kappa shape index (κ2) is 4.30. The van der Waals surface area contributed by atoms with Gasteiger partial charge in [0.2, 0.25) is 0 Å². The molecule has 0 aromatic carbocycles. The topological polar surface area (TPSA) is 46.5 Å². The van der Waals surface area contributed by atoms with E-state index in [2.05, 4.69) is 21.1 Å². The molecule has 0 saturated heterocycles. The van der Waals surface area contributed by atoms with Gasteiger partial charge in [0.05, 0.1) is 11.0 Å². The van der Waals surface area contributed by atoms with E-state index in [0.29, 0.717) is 23.9 Å². The number of rotatable bonds is 3. The number of carbonyl (C=O) groups excluding carboxylic acids is 1. The van der Waals surface area contributed by atoms with Crippen LogP contribution in [0, 0.1) is 4.91 Å². The minimum absolute atomic E-state index is 0.0798. The van der Waals surface area contributed by atoms with E-state index in [4.69, 9.17) is 0 Å². The molecule has 0 heterocycles. The summed E-state index contributed by atoms with van der Waals surface area (Å²) in [5, 5.41) is 3.15. The van der Waals surface area contributed by atoms with Crippen molar-refractivity contribution in [2.45, 2.75) is 12.8 Å². The zero-order valence-electron chi connectivity index (χ0n) is 6.42. The van der Waals surface area contributed by atoms with Gasteiger partial charge in [-0.25, -0.2) is 0 Å². The molecule has 0 aromatic rings. The average Bonchev–Trinajstić information content (AvgIpc) is 2.17. The van der Waals surface area contributed by atoms with Crippen LogP contribution in [0.5, 0.6) is 0 Å². The van der Waals surface area contributed by atoms with E-state index in [1.807, 2.05) is 0 Å². The van der Waals surface area contributed by atoms with Crippen LogP contribution < -0.4 is 0 Å². The summed E-state index contributed by atoms with van der Waals surface area (Å²) in [6.07, 6.45) is 4.48. The first-order valence-electron chi connectivity index (χ1n) is 3.60. The summed E-state index contributed by atoms with van der Waals surface area (Å²) in [4.78, 5) is 21.2. The molecule has 0 spiro atoms. The molecule has 3 nitrogen and oxygen atoms in total. The predicted octanol–water partition coefficient (Wildman–Crippen LogP) is 2.32. The molecule has 0 unspecified atom stereocenters. The summed E-state index contributed by atoms with van der Waals surface area (Å²) < 4.78 is 0. The van der Waals surface area contributed by atoms with Gasteiger partial charge in [-0.15, -0.1) is 4.91 Å². The van der Waals surface area contributed by atoms with Crippen LogP contribution in [-0.2, 0) is 4.79 Å². The van der Waals surface area contributed by atoms with Crippen molar-refractivity contribution in [2.75, 3.05) is 5.33 Å². The number of nitrogens with zero attached hydrogens (tertiary/aromatic N) is 1. The Kier molecular flexibility index (Phi) is 3.34. The summed E-state index contributed by atoms with van der Waals surface area (Å²) in [7, 11) is 0. The number of halogens is 1. The summed E-state index contributed by atoms with van der Waals surface area (Å²) in [5.74, 6) is 0.0798. The lowest BCUT2D eigenvalue weighted by Gasteiger charge is -2.07. The molecule has 4 heteroatoms. The minimum Gasteiger partial charge on any atom is -0.294 e. The summed E-state index contributed by atoms with van der Waals surface area (Å²) in [6, 6.07) is 0. The van der Waals surface area contributed by atoms with Crippen molar-refractivity contribution in [3.63, 3.8) is 0 Å². The van der Waals surface area contributed by atoms with Crippen LogP contribution >= 0.6 is 15.9 Å². The normalized spacial score (nSPS) is 16.4. The zero-order valence-corrected chi connectivity index (χ0v) is 8.00. The maximum atomic E-state index is 11.1. The van der Waals surface area contributed by atoms with Gasteiger partial charge in [0.15, 0.2) is 5.78 Å². The smallest absolute Gasteiger partial charge is 0.169 e. The Hall–Kier alpha value is -0.770. The fraction of sp³-hybridized carbons (Fsp3) is 0.375. The van der Waals surface area contributed by atoms with E-state index in [1.165, 1.54) is 0 Å². The highest BCUT2D eigenvalue weighted by Crippen LogP contribution is 2.19. The van der Waals surface area contributed by atoms with Gasteiger partial charge in [-0.2, -0.15) is 0 Å². The van der Waals surface area contributed by atoms with Gasteiger partial charge in [-0.3, -0.25) is 4.79 Å². The van der Waals surface area contributed by atoms with E-state index in [-0.39, 0.29) is 5.78 Å². The molecule has 12 heavy (non-hydrogen) atoms. The van der Waals surface area contributed by atoms with E-state index < -0.39 is 0 Å². The van der Waals surface area contributed by atoms with Crippen LogP contribution in [0.15, 0.2) is 28.6 Å². The zero-order chi connectivity index (χ0) is 8.97. The third kappa shape index (κ3) is 2.11. The maximum Gasteiger partial charge on any atom is 0.169 e. The van der Waals surface area contributed by atoms with Crippen molar-refractivity contribution in [3.05, 3.63) is 28.3 Å². The van der Waals surface area contributed by atoms with E-state index in [0.717, 1.165) is 5.57 Å². The number of hydrogen-bond donors (Lipinski definition) is 0. The molecule has 1 aliphatic rings. The van der Waals surface area contributed by atoms with Gasteiger partial charge < -0.3 is 0 Å². The number of carbonyl (C=O) groups is 1. The maximum absolute atomic E-state index is 11.1. The van der Waals surface area contributed by atoms with Crippen LogP contribution in [0.3, 0.4) is 0 Å². The lowest BCUT2D eigenvalue weighted by atomic mass is 10.0. The molecule has 0 aromatic heterocycles. The standard InChI is InChI=1S/C8H8BrNO2/c9-5-8(11)6-1-3-7(10-12)4-2-6/h1,3H,2,4-5H2. The monoisotopic (exact) mass is 229 g/mol. The molecule has 0 N–H and O–H groups in total. The largest absolute Gasteiger partial charge is 0.294 e. The predicted molar refractivity (Wildman–Crippen MR) is 50.0 cm³/mol. The van der Waals surface area contributed by atoms with E-state index in [1.54, 1.807) is 12.2 Å². The van der Waals surface area contributed by atoms with E-state index in [9.17, 15) is 9.70 Å². The lowest BCUT2D eigenvalue weighted by molar-refractivity contribution is -0.113. The molecule has 0 aliphatic heterocycles. The van der Waals surface area contributed by atoms with Gasteiger partial charge in [0, 0.05) is 0 Å². The Morgan fingerprint density at radius 1 is 1.50 bits per heavy atom. The molecule has 1 aliphatic carbocycles. The number of Topliss-reactive ketones (excluding diaryl/α,β-unsaturated/α-hetero) is 1. The first-order chi connectivity index (χ1) is 5.77.